The molecule has 0 amide bonds. The number of hydrogen-bond donors (Lipinski definition) is 1. The van der Waals surface area contributed by atoms with Crippen LogP contribution in [0.3, 0.4) is 0 Å². The molecule has 2 heteroatoms. The van der Waals surface area contributed by atoms with E-state index in [0.29, 0.717) is 0 Å². The first-order valence-electron chi connectivity index (χ1n) is 6.19. The normalized spacial score (nSPS) is 9.22. The molecule has 0 aliphatic carbocycles. The Kier molecular flexibility index (Phi) is 6.41. The van der Waals surface area contributed by atoms with Crippen LogP contribution in [-0.4, -0.2) is 7.11 Å². The minimum Gasteiger partial charge on any atom is -0.497 e. The molecule has 0 aliphatic heterocycles. The van der Waals surface area contributed by atoms with E-state index in [4.69, 9.17) is 10.5 Å². The van der Waals surface area contributed by atoms with E-state index in [2.05, 4.69) is 37.3 Å². The van der Waals surface area contributed by atoms with Crippen molar-refractivity contribution < 1.29 is 4.74 Å². The number of methoxy groups -OCH3 is 1. The fourth-order valence-corrected chi connectivity index (χ4v) is 1.54. The van der Waals surface area contributed by atoms with Gasteiger partial charge < -0.3 is 10.5 Å². The Morgan fingerprint density at radius 3 is 2.06 bits per heavy atom. The van der Waals surface area contributed by atoms with E-state index < -0.39 is 0 Å². The third-order valence-electron chi connectivity index (χ3n) is 2.50. The maximum atomic E-state index is 5.43. The van der Waals surface area contributed by atoms with E-state index in [9.17, 15) is 0 Å². The zero-order chi connectivity index (χ0) is 13.2. The molecule has 2 aromatic carbocycles. The molecule has 96 valence electrons. The van der Waals surface area contributed by atoms with Gasteiger partial charge in [-0.05, 0) is 36.2 Å². The largest absolute Gasteiger partial charge is 0.497 e. The molecule has 0 saturated heterocycles. The van der Waals surface area contributed by atoms with Crippen LogP contribution < -0.4 is 10.5 Å². The molecule has 18 heavy (non-hydrogen) atoms. The van der Waals surface area contributed by atoms with Crippen LogP contribution in [0.5, 0.6) is 5.75 Å². The van der Waals surface area contributed by atoms with E-state index >= 15 is 0 Å². The minimum absolute atomic E-state index is 0.760. The molecular weight excluding hydrogens is 222 g/mol. The van der Waals surface area contributed by atoms with E-state index in [-0.39, 0.29) is 0 Å². The van der Waals surface area contributed by atoms with E-state index in [0.717, 1.165) is 11.4 Å². The monoisotopic (exact) mass is 243 g/mol. The van der Waals surface area contributed by atoms with Crippen molar-refractivity contribution in [3.63, 3.8) is 0 Å². The third kappa shape index (κ3) is 5.39. The first-order chi connectivity index (χ1) is 8.76. The van der Waals surface area contributed by atoms with Crippen molar-refractivity contribution in [3.8, 4) is 5.75 Å². The Labute approximate surface area is 109 Å². The molecule has 2 aromatic rings. The maximum Gasteiger partial charge on any atom is 0.119 e. The average Bonchev–Trinajstić information content (AvgIpc) is 2.42. The van der Waals surface area contributed by atoms with Crippen LogP contribution in [0.15, 0.2) is 54.6 Å². The lowest BCUT2D eigenvalue weighted by molar-refractivity contribution is 0.415. The number of nitrogens with two attached hydrogens (primary N) is 1. The fraction of sp³-hybridized carbons (Fsp3) is 0.250. The highest BCUT2D eigenvalue weighted by Crippen LogP contribution is 2.11. The van der Waals surface area contributed by atoms with Crippen molar-refractivity contribution in [2.75, 3.05) is 12.8 Å². The first-order valence-corrected chi connectivity index (χ1v) is 6.19. The predicted molar refractivity (Wildman–Crippen MR) is 77.8 cm³/mol. The van der Waals surface area contributed by atoms with Gasteiger partial charge in [-0.1, -0.05) is 43.7 Å². The van der Waals surface area contributed by atoms with Crippen LogP contribution in [-0.2, 0) is 6.42 Å². The van der Waals surface area contributed by atoms with Gasteiger partial charge in [0.05, 0.1) is 7.11 Å². The van der Waals surface area contributed by atoms with Gasteiger partial charge in [0.15, 0.2) is 0 Å². The lowest BCUT2D eigenvalue weighted by Gasteiger charge is -1.97. The van der Waals surface area contributed by atoms with Crippen LogP contribution in [0.2, 0.25) is 0 Å². The van der Waals surface area contributed by atoms with Gasteiger partial charge >= 0.3 is 0 Å². The quantitative estimate of drug-likeness (QED) is 0.829. The van der Waals surface area contributed by atoms with Gasteiger partial charge in [-0.3, -0.25) is 0 Å². The van der Waals surface area contributed by atoms with Gasteiger partial charge in [-0.25, -0.2) is 0 Å². The van der Waals surface area contributed by atoms with Crippen molar-refractivity contribution in [2.24, 2.45) is 0 Å². The van der Waals surface area contributed by atoms with E-state index in [1.807, 2.05) is 12.1 Å². The summed E-state index contributed by atoms with van der Waals surface area (Å²) in [6.07, 6.45) is 2.45. The molecule has 0 atom stereocenters. The highest BCUT2D eigenvalue weighted by atomic mass is 16.5. The lowest BCUT2D eigenvalue weighted by atomic mass is 10.1. The third-order valence-corrected chi connectivity index (χ3v) is 2.50. The highest BCUT2D eigenvalue weighted by molar-refractivity contribution is 5.41. The summed E-state index contributed by atoms with van der Waals surface area (Å²) in [6, 6.07) is 17.8. The smallest absolute Gasteiger partial charge is 0.119 e. The van der Waals surface area contributed by atoms with Crippen LogP contribution in [0.1, 0.15) is 18.9 Å². The molecule has 2 rings (SSSR count). The number of nitrogen functional groups attached to an aromatic ring is 1. The van der Waals surface area contributed by atoms with Gasteiger partial charge in [0.2, 0.25) is 0 Å². The highest BCUT2D eigenvalue weighted by Gasteiger charge is 1.86. The van der Waals surface area contributed by atoms with Crippen molar-refractivity contribution in [2.45, 2.75) is 19.8 Å². The predicted octanol–water partition coefficient (Wildman–Crippen LogP) is 3.92. The van der Waals surface area contributed by atoms with E-state index in [1.165, 1.54) is 18.4 Å². The van der Waals surface area contributed by atoms with Crippen LogP contribution in [0, 0.1) is 0 Å². The Hall–Kier alpha value is -1.96. The van der Waals surface area contributed by atoms with Crippen LogP contribution >= 0.6 is 0 Å². The number of ether oxygens (including phenoxy) is 1. The zero-order valence-electron chi connectivity index (χ0n) is 11.1. The molecule has 0 spiro atoms. The van der Waals surface area contributed by atoms with Gasteiger partial charge in [-0.15, -0.1) is 0 Å². The molecular formula is C16H21NO. The second-order valence-corrected chi connectivity index (χ2v) is 4.01. The summed E-state index contributed by atoms with van der Waals surface area (Å²) < 4.78 is 4.91. The average molecular weight is 243 g/mol. The molecule has 0 heterocycles. The molecule has 0 radical (unpaired) electrons. The van der Waals surface area contributed by atoms with Gasteiger partial charge in [-0.2, -0.15) is 0 Å². The molecule has 2 N–H and O–H groups in total. The Morgan fingerprint density at radius 1 is 0.944 bits per heavy atom. The summed E-state index contributed by atoms with van der Waals surface area (Å²) in [6.45, 7) is 2.20. The van der Waals surface area contributed by atoms with Crippen LogP contribution in [0.25, 0.3) is 0 Å². The Morgan fingerprint density at radius 2 is 1.56 bits per heavy atom. The van der Waals surface area contributed by atoms with Crippen LogP contribution in [0.4, 0.5) is 5.69 Å². The van der Waals surface area contributed by atoms with Crippen molar-refractivity contribution in [1.29, 1.82) is 0 Å². The molecule has 0 aromatic heterocycles. The number of anilines is 1. The first kappa shape index (κ1) is 14.1. The second kappa shape index (κ2) is 8.18. The summed E-state index contributed by atoms with van der Waals surface area (Å²) >= 11 is 0. The summed E-state index contributed by atoms with van der Waals surface area (Å²) in [5.74, 6) is 0.837. The zero-order valence-corrected chi connectivity index (χ0v) is 11.1. The SMILES string of the molecule is CCCc1ccccc1.COc1ccc(N)cc1. The topological polar surface area (TPSA) is 35.2 Å². The summed E-state index contributed by atoms with van der Waals surface area (Å²) in [4.78, 5) is 0. The number of aryl methyl sites for hydroxylation is 1. The van der Waals surface area contributed by atoms with E-state index in [1.54, 1.807) is 19.2 Å². The van der Waals surface area contributed by atoms with Gasteiger partial charge in [0, 0.05) is 5.69 Å². The number of benzene rings is 2. The summed E-state index contributed by atoms with van der Waals surface area (Å²) in [7, 11) is 1.63. The number of rotatable bonds is 3. The van der Waals surface area contributed by atoms with Crippen molar-refractivity contribution in [3.05, 3.63) is 60.2 Å². The molecule has 0 aliphatic rings. The summed E-state index contributed by atoms with van der Waals surface area (Å²) in [5.41, 5.74) is 7.63. The van der Waals surface area contributed by atoms with Crippen molar-refractivity contribution >= 4 is 5.69 Å². The number of hydrogen-bond acceptors (Lipinski definition) is 2. The molecule has 0 bridgehead atoms. The standard InChI is InChI=1S/C9H12.C7H9NO/c1-2-6-9-7-4-3-5-8-9;1-9-7-4-2-6(8)3-5-7/h3-5,7-8H,2,6H2,1H3;2-5H,8H2,1H3. The Balaban J connectivity index is 0.000000180. The van der Waals surface area contributed by atoms with Gasteiger partial charge in [0.1, 0.15) is 5.75 Å². The maximum absolute atomic E-state index is 5.43. The van der Waals surface area contributed by atoms with Crippen molar-refractivity contribution in [1.82, 2.24) is 0 Å². The molecule has 0 unspecified atom stereocenters. The lowest BCUT2D eigenvalue weighted by Crippen LogP contribution is -1.84. The molecule has 0 saturated carbocycles. The fourth-order valence-electron chi connectivity index (χ4n) is 1.54. The minimum atomic E-state index is 0.760. The molecule has 2 nitrogen and oxygen atoms in total. The summed E-state index contributed by atoms with van der Waals surface area (Å²) in [5, 5.41) is 0. The second-order valence-electron chi connectivity index (χ2n) is 4.01. The Bertz CT molecular complexity index is 423. The molecule has 0 fully saturated rings. The van der Waals surface area contributed by atoms with Gasteiger partial charge in [0.25, 0.3) is 0 Å².